The second-order valence-corrected chi connectivity index (χ2v) is 7.24. The third kappa shape index (κ3) is 3.93. The van der Waals surface area contributed by atoms with E-state index in [4.69, 9.17) is 0 Å². The second kappa shape index (κ2) is 7.75. The summed E-state index contributed by atoms with van der Waals surface area (Å²) in [5.41, 5.74) is 2.41. The van der Waals surface area contributed by atoms with Crippen LogP contribution in [0, 0.1) is 5.82 Å². The summed E-state index contributed by atoms with van der Waals surface area (Å²) in [6.07, 6.45) is 4.44. The van der Waals surface area contributed by atoms with Crippen LogP contribution in [-0.4, -0.2) is 26.8 Å². The molecule has 0 aliphatic heterocycles. The molecule has 0 bridgehead atoms. The number of benzene rings is 1. The molecule has 138 valence electrons. The number of carbonyl (C=O) groups is 1. The van der Waals surface area contributed by atoms with E-state index in [1.54, 1.807) is 23.6 Å². The van der Waals surface area contributed by atoms with E-state index in [1.807, 2.05) is 45.1 Å². The fraction of sp³-hybridized carbons (Fsp3) is 0.200. The highest BCUT2D eigenvalue weighted by Crippen LogP contribution is 2.26. The van der Waals surface area contributed by atoms with Crippen molar-refractivity contribution >= 4 is 27.5 Å². The van der Waals surface area contributed by atoms with Gasteiger partial charge in [0.05, 0.1) is 10.2 Å². The van der Waals surface area contributed by atoms with Gasteiger partial charge in [-0.15, -0.1) is 11.3 Å². The van der Waals surface area contributed by atoms with Crippen LogP contribution in [0.2, 0.25) is 0 Å². The van der Waals surface area contributed by atoms with Crippen LogP contribution in [0.4, 0.5) is 4.39 Å². The zero-order valence-corrected chi connectivity index (χ0v) is 15.5. The van der Waals surface area contributed by atoms with Gasteiger partial charge in [0.2, 0.25) is 0 Å². The Balaban J connectivity index is 1.48. The van der Waals surface area contributed by atoms with Crippen LogP contribution in [0.5, 0.6) is 0 Å². The molecule has 1 N–H and O–H groups in total. The molecule has 3 heterocycles. The first kappa shape index (κ1) is 17.5. The molecule has 0 aliphatic carbocycles. The van der Waals surface area contributed by atoms with Gasteiger partial charge in [-0.2, -0.15) is 5.10 Å². The number of thiophene rings is 1. The smallest absolute Gasteiger partial charge is 0.267 e. The van der Waals surface area contributed by atoms with Gasteiger partial charge in [-0.25, -0.2) is 4.39 Å². The van der Waals surface area contributed by atoms with Gasteiger partial charge in [0.15, 0.2) is 0 Å². The van der Waals surface area contributed by atoms with Crippen molar-refractivity contribution in [1.82, 2.24) is 19.7 Å². The molecule has 0 unspecified atom stereocenters. The maximum absolute atomic E-state index is 13.5. The molecule has 1 aromatic carbocycles. The molecule has 0 radical (unpaired) electrons. The normalized spacial score (nSPS) is 11.1. The largest absolute Gasteiger partial charge is 0.351 e. The minimum atomic E-state index is -0.272. The van der Waals surface area contributed by atoms with Crippen molar-refractivity contribution in [3.8, 4) is 0 Å². The van der Waals surface area contributed by atoms with Crippen molar-refractivity contribution < 1.29 is 9.18 Å². The molecule has 27 heavy (non-hydrogen) atoms. The highest BCUT2D eigenvalue weighted by Gasteiger charge is 2.16. The Bertz CT molecular complexity index is 1050. The molecule has 7 heteroatoms. The molecule has 3 aromatic heterocycles. The van der Waals surface area contributed by atoms with E-state index < -0.39 is 0 Å². The molecule has 0 saturated carbocycles. The van der Waals surface area contributed by atoms with E-state index >= 15 is 0 Å². The SMILES string of the molecule is O=C(NCCCn1cccn1)c1cc2sccc2n1Cc1cccc(F)c1. The molecule has 0 fully saturated rings. The summed E-state index contributed by atoms with van der Waals surface area (Å²) in [4.78, 5) is 12.7. The van der Waals surface area contributed by atoms with E-state index in [0.717, 1.165) is 28.7 Å². The minimum Gasteiger partial charge on any atom is -0.351 e. The summed E-state index contributed by atoms with van der Waals surface area (Å²) in [6, 6.07) is 12.3. The van der Waals surface area contributed by atoms with Gasteiger partial charge in [0, 0.05) is 32.0 Å². The molecule has 0 aliphatic rings. The van der Waals surface area contributed by atoms with Crippen LogP contribution in [0.25, 0.3) is 10.2 Å². The summed E-state index contributed by atoms with van der Waals surface area (Å²) in [5.74, 6) is -0.388. The van der Waals surface area contributed by atoms with E-state index in [0.29, 0.717) is 18.8 Å². The predicted molar refractivity (Wildman–Crippen MR) is 104 cm³/mol. The van der Waals surface area contributed by atoms with Crippen LogP contribution in [0.3, 0.4) is 0 Å². The summed E-state index contributed by atoms with van der Waals surface area (Å²) in [5, 5.41) is 9.13. The topological polar surface area (TPSA) is 51.9 Å². The van der Waals surface area contributed by atoms with Gasteiger partial charge in [-0.05, 0) is 47.7 Å². The van der Waals surface area contributed by atoms with Gasteiger partial charge in [0.1, 0.15) is 11.5 Å². The number of hydrogen-bond acceptors (Lipinski definition) is 3. The summed E-state index contributed by atoms with van der Waals surface area (Å²) in [6.45, 7) is 1.78. The van der Waals surface area contributed by atoms with Crippen LogP contribution in [-0.2, 0) is 13.1 Å². The molecule has 4 rings (SSSR count). The lowest BCUT2D eigenvalue weighted by molar-refractivity contribution is 0.0944. The first-order chi connectivity index (χ1) is 13.2. The van der Waals surface area contributed by atoms with Crippen LogP contribution in [0.15, 0.2) is 60.2 Å². The number of nitrogens with zero attached hydrogens (tertiary/aromatic N) is 3. The van der Waals surface area contributed by atoms with Crippen molar-refractivity contribution in [3.05, 3.63) is 77.3 Å². The molecule has 0 saturated heterocycles. The van der Waals surface area contributed by atoms with Gasteiger partial charge in [0.25, 0.3) is 5.91 Å². The third-order valence-corrected chi connectivity index (χ3v) is 5.25. The van der Waals surface area contributed by atoms with Gasteiger partial charge in [-0.3, -0.25) is 9.48 Å². The number of rotatable bonds is 7. The lowest BCUT2D eigenvalue weighted by Crippen LogP contribution is -2.27. The van der Waals surface area contributed by atoms with Crippen LogP contribution < -0.4 is 5.32 Å². The first-order valence-electron chi connectivity index (χ1n) is 8.77. The molecular weight excluding hydrogens is 363 g/mol. The average molecular weight is 382 g/mol. The predicted octanol–water partition coefficient (Wildman–Crippen LogP) is 3.91. The van der Waals surface area contributed by atoms with Gasteiger partial charge < -0.3 is 9.88 Å². The monoisotopic (exact) mass is 382 g/mol. The number of halogens is 1. The van der Waals surface area contributed by atoms with E-state index in [9.17, 15) is 9.18 Å². The maximum atomic E-state index is 13.5. The lowest BCUT2D eigenvalue weighted by atomic mass is 10.2. The Hall–Kier alpha value is -2.93. The second-order valence-electron chi connectivity index (χ2n) is 6.29. The lowest BCUT2D eigenvalue weighted by Gasteiger charge is -2.11. The number of aromatic nitrogens is 3. The molecule has 0 spiro atoms. The molecule has 1 amide bonds. The number of fused-ring (bicyclic) bond motifs is 1. The zero-order valence-electron chi connectivity index (χ0n) is 14.6. The Morgan fingerprint density at radius 2 is 2.15 bits per heavy atom. The van der Waals surface area contributed by atoms with E-state index in [2.05, 4.69) is 10.4 Å². The Morgan fingerprint density at radius 1 is 1.22 bits per heavy atom. The number of hydrogen-bond donors (Lipinski definition) is 1. The van der Waals surface area contributed by atoms with Crippen LogP contribution in [0.1, 0.15) is 22.5 Å². The van der Waals surface area contributed by atoms with Crippen molar-refractivity contribution in [2.24, 2.45) is 0 Å². The Labute approximate surface area is 160 Å². The highest BCUT2D eigenvalue weighted by atomic mass is 32.1. The van der Waals surface area contributed by atoms with E-state index in [-0.39, 0.29) is 11.7 Å². The standard InChI is InChI=1S/C20H19FN4OS/c21-16-5-1-4-15(12-16)14-25-17-6-11-27-19(17)13-18(25)20(26)22-7-2-9-24-10-3-8-23-24/h1,3-6,8,10-13H,2,7,9,14H2,(H,22,26). The maximum Gasteiger partial charge on any atom is 0.267 e. The molecular formula is C20H19FN4OS. The zero-order chi connectivity index (χ0) is 18.6. The average Bonchev–Trinajstić information content (AvgIpc) is 3.38. The molecule has 5 nitrogen and oxygen atoms in total. The van der Waals surface area contributed by atoms with Crippen molar-refractivity contribution in [2.75, 3.05) is 6.54 Å². The van der Waals surface area contributed by atoms with Gasteiger partial charge >= 0.3 is 0 Å². The Morgan fingerprint density at radius 3 is 2.96 bits per heavy atom. The molecule has 4 aromatic rings. The van der Waals surface area contributed by atoms with E-state index in [1.165, 1.54) is 12.1 Å². The quantitative estimate of drug-likeness (QED) is 0.493. The highest BCUT2D eigenvalue weighted by molar-refractivity contribution is 7.17. The van der Waals surface area contributed by atoms with Crippen molar-refractivity contribution in [2.45, 2.75) is 19.5 Å². The fourth-order valence-electron chi connectivity index (χ4n) is 3.12. The first-order valence-corrected chi connectivity index (χ1v) is 9.65. The fourth-order valence-corrected chi connectivity index (χ4v) is 3.94. The minimum absolute atomic E-state index is 0.115. The number of amides is 1. The molecule has 0 atom stereocenters. The van der Waals surface area contributed by atoms with Crippen molar-refractivity contribution in [3.63, 3.8) is 0 Å². The third-order valence-electron chi connectivity index (χ3n) is 4.39. The van der Waals surface area contributed by atoms with Gasteiger partial charge in [-0.1, -0.05) is 12.1 Å². The number of aryl methyl sites for hydroxylation is 1. The number of carbonyl (C=O) groups excluding carboxylic acids is 1. The Kier molecular flexibility index (Phi) is 5.02. The van der Waals surface area contributed by atoms with Crippen LogP contribution >= 0.6 is 11.3 Å². The van der Waals surface area contributed by atoms with Crippen molar-refractivity contribution in [1.29, 1.82) is 0 Å². The summed E-state index contributed by atoms with van der Waals surface area (Å²) >= 11 is 1.59. The number of nitrogens with one attached hydrogen (secondary N) is 1. The summed E-state index contributed by atoms with van der Waals surface area (Å²) in [7, 11) is 0. The summed E-state index contributed by atoms with van der Waals surface area (Å²) < 4.78 is 18.4.